The molecule has 0 amide bonds. The third-order valence-corrected chi connectivity index (χ3v) is 4.40. The molecule has 8 heteroatoms. The highest BCUT2D eigenvalue weighted by Gasteiger charge is 2.20. The number of nitrogens with zero attached hydrogens (tertiary/aromatic N) is 1. The summed E-state index contributed by atoms with van der Waals surface area (Å²) in [5, 5.41) is 8.83. The van der Waals surface area contributed by atoms with Crippen LogP contribution in [-0.4, -0.2) is 8.42 Å². The van der Waals surface area contributed by atoms with Crippen LogP contribution in [0.1, 0.15) is 11.3 Å². The maximum absolute atomic E-state index is 12.1. The summed E-state index contributed by atoms with van der Waals surface area (Å²) in [6.07, 6.45) is 1.44. The van der Waals surface area contributed by atoms with Gasteiger partial charge in [-0.05, 0) is 24.3 Å². The van der Waals surface area contributed by atoms with Gasteiger partial charge in [-0.2, -0.15) is 5.26 Å². The number of rotatable bonds is 4. The summed E-state index contributed by atoms with van der Waals surface area (Å²) in [4.78, 5) is -0.198. The summed E-state index contributed by atoms with van der Waals surface area (Å²) in [6, 6.07) is 7.47. The first kappa shape index (κ1) is 14.4. The van der Waals surface area contributed by atoms with Crippen LogP contribution in [0.25, 0.3) is 0 Å². The van der Waals surface area contributed by atoms with Crippen molar-refractivity contribution in [3.05, 3.63) is 46.9 Å². The van der Waals surface area contributed by atoms with Crippen molar-refractivity contribution in [2.45, 2.75) is 11.4 Å². The molecule has 3 N–H and O–H groups in total. The van der Waals surface area contributed by atoms with E-state index in [9.17, 15) is 8.42 Å². The van der Waals surface area contributed by atoms with Gasteiger partial charge in [-0.15, -0.1) is 0 Å². The molecule has 0 spiro atoms. The van der Waals surface area contributed by atoms with E-state index >= 15 is 0 Å². The Bertz CT molecular complexity index is 764. The number of hydrogen-bond donors (Lipinski definition) is 2. The molecule has 0 aliphatic carbocycles. The molecule has 0 saturated carbocycles. The lowest BCUT2D eigenvalue weighted by molar-refractivity contribution is 0.498. The van der Waals surface area contributed by atoms with E-state index in [-0.39, 0.29) is 27.7 Å². The Balaban J connectivity index is 2.32. The fourth-order valence-corrected chi connectivity index (χ4v) is 3.08. The second-order valence-electron chi connectivity index (χ2n) is 3.89. The molecule has 2 aromatic rings. The van der Waals surface area contributed by atoms with Gasteiger partial charge in [0.2, 0.25) is 10.0 Å². The predicted molar refractivity (Wildman–Crippen MR) is 73.3 cm³/mol. The minimum absolute atomic E-state index is 0.0159. The largest absolute Gasteiger partial charge is 0.468 e. The number of furan rings is 1. The quantitative estimate of drug-likeness (QED) is 0.838. The van der Waals surface area contributed by atoms with E-state index in [4.69, 9.17) is 27.0 Å². The minimum atomic E-state index is -3.86. The van der Waals surface area contributed by atoms with Gasteiger partial charge < -0.3 is 10.2 Å². The summed E-state index contributed by atoms with van der Waals surface area (Å²) < 4.78 is 31.6. The zero-order valence-electron chi connectivity index (χ0n) is 10.1. The molecule has 2 rings (SSSR count). The van der Waals surface area contributed by atoms with Crippen LogP contribution in [0.2, 0.25) is 5.02 Å². The summed E-state index contributed by atoms with van der Waals surface area (Å²) in [5.41, 5.74) is 5.73. The van der Waals surface area contributed by atoms with Crippen LogP contribution in [0, 0.1) is 11.3 Å². The molecule has 6 nitrogen and oxygen atoms in total. The predicted octanol–water partition coefficient (Wildman–Crippen LogP) is 1.87. The van der Waals surface area contributed by atoms with Gasteiger partial charge in [0.15, 0.2) is 0 Å². The fourth-order valence-electron chi connectivity index (χ4n) is 1.53. The Morgan fingerprint density at radius 1 is 1.45 bits per heavy atom. The van der Waals surface area contributed by atoms with Crippen molar-refractivity contribution in [1.82, 2.24) is 4.72 Å². The van der Waals surface area contributed by atoms with E-state index in [1.54, 1.807) is 12.1 Å². The molecule has 104 valence electrons. The second kappa shape index (κ2) is 5.54. The molecule has 0 aliphatic rings. The Morgan fingerprint density at radius 3 is 2.80 bits per heavy atom. The van der Waals surface area contributed by atoms with Crippen LogP contribution in [0.15, 0.2) is 39.8 Å². The molecule has 0 atom stereocenters. The average Bonchev–Trinajstić information content (AvgIpc) is 2.89. The van der Waals surface area contributed by atoms with Gasteiger partial charge in [0, 0.05) is 0 Å². The van der Waals surface area contributed by atoms with Crippen LogP contribution < -0.4 is 10.5 Å². The number of halogens is 1. The van der Waals surface area contributed by atoms with Gasteiger partial charge in [-0.3, -0.25) is 0 Å². The van der Waals surface area contributed by atoms with Gasteiger partial charge >= 0.3 is 0 Å². The van der Waals surface area contributed by atoms with E-state index in [0.717, 1.165) is 6.07 Å². The second-order valence-corrected chi connectivity index (χ2v) is 6.03. The topological polar surface area (TPSA) is 109 Å². The molecule has 0 aliphatic heterocycles. The van der Waals surface area contributed by atoms with Crippen LogP contribution in [0.5, 0.6) is 0 Å². The van der Waals surface area contributed by atoms with Crippen LogP contribution in [-0.2, 0) is 16.6 Å². The first-order chi connectivity index (χ1) is 9.44. The molecule has 0 bridgehead atoms. The Kier molecular flexibility index (Phi) is 3.99. The number of sulfonamides is 1. The van der Waals surface area contributed by atoms with Gasteiger partial charge in [-0.1, -0.05) is 11.6 Å². The third kappa shape index (κ3) is 2.93. The molecular formula is C12H10ClN3O3S. The van der Waals surface area contributed by atoms with Crippen LogP contribution >= 0.6 is 11.6 Å². The lowest BCUT2D eigenvalue weighted by Crippen LogP contribution is -2.23. The van der Waals surface area contributed by atoms with Gasteiger partial charge in [-0.25, -0.2) is 13.1 Å². The zero-order chi connectivity index (χ0) is 14.8. The minimum Gasteiger partial charge on any atom is -0.468 e. The van der Waals surface area contributed by atoms with Gasteiger partial charge in [0.05, 0.1) is 29.1 Å². The third-order valence-electron chi connectivity index (χ3n) is 2.53. The van der Waals surface area contributed by atoms with E-state index in [0.29, 0.717) is 5.76 Å². The van der Waals surface area contributed by atoms with Crippen molar-refractivity contribution in [2.24, 2.45) is 0 Å². The van der Waals surface area contributed by atoms with Gasteiger partial charge in [0.25, 0.3) is 0 Å². The summed E-state index contributed by atoms with van der Waals surface area (Å²) in [6.45, 7) is -0.0159. The molecule has 20 heavy (non-hydrogen) atoms. The molecule has 0 radical (unpaired) electrons. The van der Waals surface area contributed by atoms with E-state index in [1.807, 2.05) is 6.07 Å². The van der Waals surface area contributed by atoms with E-state index in [1.165, 1.54) is 12.3 Å². The first-order valence-electron chi connectivity index (χ1n) is 5.45. The van der Waals surface area contributed by atoms with Crippen LogP contribution in [0.4, 0.5) is 5.69 Å². The summed E-state index contributed by atoms with van der Waals surface area (Å²) in [7, 11) is -3.86. The van der Waals surface area contributed by atoms with Crippen molar-refractivity contribution in [3.63, 3.8) is 0 Å². The molecule has 0 unspecified atom stereocenters. The first-order valence-corrected chi connectivity index (χ1v) is 7.31. The van der Waals surface area contributed by atoms with Crippen molar-refractivity contribution in [1.29, 1.82) is 5.26 Å². The standard InChI is InChI=1S/C12H10ClN3O3S/c13-10-5-11(15)8(6-14)4-12(10)20(17,18)16-7-9-2-1-3-19-9/h1-5,16H,7,15H2. The van der Waals surface area contributed by atoms with Crippen molar-refractivity contribution in [2.75, 3.05) is 5.73 Å². The smallest absolute Gasteiger partial charge is 0.242 e. The SMILES string of the molecule is N#Cc1cc(S(=O)(=O)NCc2ccco2)c(Cl)cc1N. The Morgan fingerprint density at radius 2 is 2.20 bits per heavy atom. The van der Waals surface area contributed by atoms with E-state index in [2.05, 4.69) is 4.72 Å². The fraction of sp³-hybridized carbons (Fsp3) is 0.0833. The highest BCUT2D eigenvalue weighted by atomic mass is 35.5. The number of nitrogens with one attached hydrogen (secondary N) is 1. The molecule has 1 heterocycles. The number of hydrogen-bond acceptors (Lipinski definition) is 5. The zero-order valence-corrected chi connectivity index (χ0v) is 11.7. The maximum atomic E-state index is 12.1. The highest BCUT2D eigenvalue weighted by Crippen LogP contribution is 2.26. The number of nitrogens with two attached hydrogens (primary N) is 1. The van der Waals surface area contributed by atoms with Gasteiger partial charge in [0.1, 0.15) is 16.7 Å². The van der Waals surface area contributed by atoms with Crippen molar-refractivity contribution < 1.29 is 12.8 Å². The summed E-state index contributed by atoms with van der Waals surface area (Å²) in [5.74, 6) is 0.459. The lowest BCUT2D eigenvalue weighted by Gasteiger charge is -2.09. The monoisotopic (exact) mass is 311 g/mol. The number of anilines is 1. The molecule has 1 aromatic carbocycles. The maximum Gasteiger partial charge on any atom is 0.242 e. The molecule has 0 fully saturated rings. The Hall–Kier alpha value is -2.01. The number of nitrogen functional groups attached to an aromatic ring is 1. The average molecular weight is 312 g/mol. The Labute approximate surface area is 120 Å². The van der Waals surface area contributed by atoms with Crippen LogP contribution in [0.3, 0.4) is 0 Å². The van der Waals surface area contributed by atoms with E-state index < -0.39 is 10.0 Å². The molecule has 1 aromatic heterocycles. The summed E-state index contributed by atoms with van der Waals surface area (Å²) >= 11 is 5.87. The highest BCUT2D eigenvalue weighted by molar-refractivity contribution is 7.89. The molecule has 0 saturated heterocycles. The molecular weight excluding hydrogens is 302 g/mol. The van der Waals surface area contributed by atoms with Crippen molar-refractivity contribution in [3.8, 4) is 6.07 Å². The lowest BCUT2D eigenvalue weighted by atomic mass is 10.2. The van der Waals surface area contributed by atoms with Crippen molar-refractivity contribution >= 4 is 27.3 Å². The number of nitriles is 1. The normalized spacial score (nSPS) is 11.2. The number of benzene rings is 1.